The van der Waals surface area contributed by atoms with Crippen LogP contribution in [0.15, 0.2) is 24.3 Å². The first kappa shape index (κ1) is 17.7. The Kier molecular flexibility index (Phi) is 6.41. The minimum atomic E-state index is -3.30. The van der Waals surface area contributed by atoms with Crippen molar-refractivity contribution in [3.05, 3.63) is 24.3 Å². The molecule has 128 valence electrons. The third-order valence-electron chi connectivity index (χ3n) is 3.86. The number of unbranched alkanes of at least 4 members (excludes halogenated alkanes) is 1. The van der Waals surface area contributed by atoms with Gasteiger partial charge in [0.2, 0.25) is 15.9 Å². The normalized spacial score (nSPS) is 18.4. The van der Waals surface area contributed by atoms with E-state index in [0.717, 1.165) is 25.8 Å². The molecule has 1 fully saturated rings. The molecule has 0 aliphatic carbocycles. The van der Waals surface area contributed by atoms with Gasteiger partial charge in [0.05, 0.1) is 11.7 Å². The van der Waals surface area contributed by atoms with Crippen molar-refractivity contribution in [1.82, 2.24) is 5.32 Å². The molecule has 1 aliphatic rings. The SMILES string of the molecule is CCCCS(=O)(=O)Nc1ccc(NC(=O)C2CCCNC2)cc1. The van der Waals surface area contributed by atoms with Crippen LogP contribution in [-0.2, 0) is 14.8 Å². The zero-order chi connectivity index (χ0) is 16.7. The number of hydrogen-bond donors (Lipinski definition) is 3. The lowest BCUT2D eigenvalue weighted by atomic mass is 9.99. The quantitative estimate of drug-likeness (QED) is 0.710. The molecule has 2 rings (SSSR count). The fourth-order valence-corrected chi connectivity index (χ4v) is 3.77. The van der Waals surface area contributed by atoms with E-state index < -0.39 is 10.0 Å². The molecular weight excluding hydrogens is 314 g/mol. The molecule has 1 amide bonds. The van der Waals surface area contributed by atoms with Gasteiger partial charge in [-0.3, -0.25) is 9.52 Å². The van der Waals surface area contributed by atoms with Crippen molar-refractivity contribution in [1.29, 1.82) is 0 Å². The van der Waals surface area contributed by atoms with Gasteiger partial charge in [-0.15, -0.1) is 0 Å². The van der Waals surface area contributed by atoms with Crippen LogP contribution in [0.2, 0.25) is 0 Å². The van der Waals surface area contributed by atoms with Crippen LogP contribution in [0.1, 0.15) is 32.6 Å². The molecule has 0 saturated carbocycles. The highest BCUT2D eigenvalue weighted by molar-refractivity contribution is 7.92. The summed E-state index contributed by atoms with van der Waals surface area (Å²) < 4.78 is 26.2. The minimum Gasteiger partial charge on any atom is -0.326 e. The highest BCUT2D eigenvalue weighted by atomic mass is 32.2. The molecule has 3 N–H and O–H groups in total. The van der Waals surface area contributed by atoms with Crippen molar-refractivity contribution in [3.63, 3.8) is 0 Å². The number of carbonyl (C=O) groups excluding carboxylic acids is 1. The molecular formula is C16H25N3O3S. The number of hydrogen-bond acceptors (Lipinski definition) is 4. The predicted octanol–water partition coefficient (Wildman–Crippen LogP) is 2.17. The maximum Gasteiger partial charge on any atom is 0.232 e. The number of amides is 1. The summed E-state index contributed by atoms with van der Waals surface area (Å²) in [6.45, 7) is 3.63. The van der Waals surface area contributed by atoms with Crippen LogP contribution in [0.5, 0.6) is 0 Å². The van der Waals surface area contributed by atoms with Crippen molar-refractivity contribution in [3.8, 4) is 0 Å². The van der Waals surface area contributed by atoms with Crippen molar-refractivity contribution in [2.75, 3.05) is 28.9 Å². The predicted molar refractivity (Wildman–Crippen MR) is 93.0 cm³/mol. The molecule has 0 bridgehead atoms. The molecule has 0 spiro atoms. The van der Waals surface area contributed by atoms with Gasteiger partial charge >= 0.3 is 0 Å². The molecule has 0 aromatic heterocycles. The molecule has 1 unspecified atom stereocenters. The van der Waals surface area contributed by atoms with Crippen molar-refractivity contribution < 1.29 is 13.2 Å². The van der Waals surface area contributed by atoms with E-state index in [-0.39, 0.29) is 17.6 Å². The van der Waals surface area contributed by atoms with E-state index in [1.165, 1.54) is 0 Å². The summed E-state index contributed by atoms with van der Waals surface area (Å²) in [5.41, 5.74) is 1.19. The minimum absolute atomic E-state index is 0.00373. The first-order chi connectivity index (χ1) is 11.0. The van der Waals surface area contributed by atoms with Crippen LogP contribution in [0.4, 0.5) is 11.4 Å². The molecule has 1 heterocycles. The van der Waals surface area contributed by atoms with Crippen LogP contribution >= 0.6 is 0 Å². The summed E-state index contributed by atoms with van der Waals surface area (Å²) in [4.78, 5) is 12.1. The third-order valence-corrected chi connectivity index (χ3v) is 5.23. The first-order valence-corrected chi connectivity index (χ1v) is 9.77. The standard InChI is InChI=1S/C16H25N3O3S/c1-2-3-11-23(21,22)19-15-8-6-14(7-9-15)18-16(20)13-5-4-10-17-12-13/h6-9,13,17,19H,2-5,10-12H2,1H3,(H,18,20). The van der Waals surface area contributed by atoms with Crippen LogP contribution in [0, 0.1) is 5.92 Å². The summed E-state index contributed by atoms with van der Waals surface area (Å²) in [6, 6.07) is 6.76. The largest absolute Gasteiger partial charge is 0.326 e. The molecule has 1 aromatic rings. The zero-order valence-electron chi connectivity index (χ0n) is 13.5. The summed E-state index contributed by atoms with van der Waals surface area (Å²) in [5, 5.41) is 6.10. The molecule has 1 aromatic carbocycles. The first-order valence-electron chi connectivity index (χ1n) is 8.12. The molecule has 7 heteroatoms. The van der Waals surface area contributed by atoms with E-state index in [1.54, 1.807) is 24.3 Å². The average Bonchev–Trinajstić information content (AvgIpc) is 2.55. The second kappa shape index (κ2) is 8.31. The zero-order valence-corrected chi connectivity index (χ0v) is 14.3. The highest BCUT2D eigenvalue weighted by Crippen LogP contribution is 2.18. The number of sulfonamides is 1. The second-order valence-electron chi connectivity index (χ2n) is 5.88. The monoisotopic (exact) mass is 339 g/mol. The smallest absolute Gasteiger partial charge is 0.232 e. The highest BCUT2D eigenvalue weighted by Gasteiger charge is 2.20. The molecule has 1 aliphatic heterocycles. The number of anilines is 2. The Labute approximate surface area is 138 Å². The number of nitrogens with one attached hydrogen (secondary N) is 3. The van der Waals surface area contributed by atoms with E-state index in [9.17, 15) is 13.2 Å². The Balaban J connectivity index is 1.90. The number of piperidine rings is 1. The molecule has 0 radical (unpaired) electrons. The topological polar surface area (TPSA) is 87.3 Å². The van der Waals surface area contributed by atoms with E-state index in [2.05, 4.69) is 15.4 Å². The summed E-state index contributed by atoms with van der Waals surface area (Å²) in [6.07, 6.45) is 3.38. The van der Waals surface area contributed by atoms with Gasteiger partial charge < -0.3 is 10.6 Å². The lowest BCUT2D eigenvalue weighted by Crippen LogP contribution is -2.37. The van der Waals surface area contributed by atoms with Gasteiger partial charge in [-0.05, 0) is 50.1 Å². The Hall–Kier alpha value is -1.60. The van der Waals surface area contributed by atoms with Crippen LogP contribution in [-0.4, -0.2) is 33.2 Å². The Morgan fingerprint density at radius 3 is 2.57 bits per heavy atom. The van der Waals surface area contributed by atoms with Crippen molar-refractivity contribution in [2.45, 2.75) is 32.6 Å². The van der Waals surface area contributed by atoms with Gasteiger partial charge in [-0.1, -0.05) is 13.3 Å². The van der Waals surface area contributed by atoms with Gasteiger partial charge in [0.15, 0.2) is 0 Å². The lowest BCUT2D eigenvalue weighted by molar-refractivity contribution is -0.120. The Morgan fingerprint density at radius 1 is 1.26 bits per heavy atom. The average molecular weight is 339 g/mol. The van der Waals surface area contributed by atoms with Crippen molar-refractivity contribution >= 4 is 27.3 Å². The maximum atomic E-state index is 12.1. The lowest BCUT2D eigenvalue weighted by Gasteiger charge is -2.21. The number of benzene rings is 1. The number of carbonyl (C=O) groups is 1. The fraction of sp³-hybridized carbons (Fsp3) is 0.562. The summed E-state index contributed by atoms with van der Waals surface area (Å²) in [7, 11) is -3.30. The van der Waals surface area contributed by atoms with E-state index in [4.69, 9.17) is 0 Å². The maximum absolute atomic E-state index is 12.1. The van der Waals surface area contributed by atoms with Gasteiger partial charge in [0.1, 0.15) is 0 Å². The Bertz CT molecular complexity index is 608. The molecule has 6 nitrogen and oxygen atoms in total. The van der Waals surface area contributed by atoms with Gasteiger partial charge in [-0.2, -0.15) is 0 Å². The fourth-order valence-electron chi connectivity index (χ4n) is 2.51. The van der Waals surface area contributed by atoms with E-state index in [0.29, 0.717) is 24.3 Å². The Morgan fingerprint density at radius 2 is 1.96 bits per heavy atom. The summed E-state index contributed by atoms with van der Waals surface area (Å²) in [5.74, 6) is 0.126. The molecule has 1 saturated heterocycles. The molecule has 1 atom stereocenters. The van der Waals surface area contributed by atoms with E-state index in [1.807, 2.05) is 6.92 Å². The van der Waals surface area contributed by atoms with Crippen LogP contribution in [0.3, 0.4) is 0 Å². The second-order valence-corrected chi connectivity index (χ2v) is 7.73. The van der Waals surface area contributed by atoms with Gasteiger partial charge in [0, 0.05) is 17.9 Å². The van der Waals surface area contributed by atoms with Crippen LogP contribution in [0.25, 0.3) is 0 Å². The van der Waals surface area contributed by atoms with Gasteiger partial charge in [0.25, 0.3) is 0 Å². The van der Waals surface area contributed by atoms with Gasteiger partial charge in [-0.25, -0.2) is 8.42 Å². The molecule has 23 heavy (non-hydrogen) atoms. The van der Waals surface area contributed by atoms with E-state index >= 15 is 0 Å². The van der Waals surface area contributed by atoms with Crippen LogP contribution < -0.4 is 15.4 Å². The van der Waals surface area contributed by atoms with Crippen molar-refractivity contribution in [2.24, 2.45) is 5.92 Å². The summed E-state index contributed by atoms with van der Waals surface area (Å²) >= 11 is 0. The number of rotatable bonds is 7. The third kappa shape index (κ3) is 5.84.